The van der Waals surface area contributed by atoms with Crippen LogP contribution in [0.4, 0.5) is 0 Å². The van der Waals surface area contributed by atoms with Crippen molar-refractivity contribution in [1.29, 1.82) is 0 Å². The topological polar surface area (TPSA) is 62.7 Å². The number of thiazole rings is 1. The minimum absolute atomic E-state index is 0.0382. The first-order valence-electron chi connectivity index (χ1n) is 8.16. The van der Waals surface area contributed by atoms with Crippen LogP contribution in [0.5, 0.6) is 5.75 Å². The number of aromatic nitrogens is 1. The number of rotatable bonds is 4. The Balaban J connectivity index is 1.67. The van der Waals surface area contributed by atoms with Gasteiger partial charge in [0.15, 0.2) is 0 Å². The zero-order chi connectivity index (χ0) is 17.1. The number of carbonyl (C=O) groups is 1. The average molecular weight is 346 g/mol. The highest BCUT2D eigenvalue weighted by Gasteiger charge is 2.27. The van der Waals surface area contributed by atoms with Crippen LogP contribution < -0.4 is 4.74 Å². The molecule has 0 spiro atoms. The summed E-state index contributed by atoms with van der Waals surface area (Å²) in [5, 5.41) is 10.5. The lowest BCUT2D eigenvalue weighted by atomic mass is 9.92. The summed E-state index contributed by atoms with van der Waals surface area (Å²) in [7, 11) is 1.63. The lowest BCUT2D eigenvalue weighted by Gasteiger charge is -2.32. The average Bonchev–Trinajstić information content (AvgIpc) is 3.11. The van der Waals surface area contributed by atoms with Gasteiger partial charge in [-0.05, 0) is 49.9 Å². The summed E-state index contributed by atoms with van der Waals surface area (Å²) in [6, 6.07) is 7.66. The van der Waals surface area contributed by atoms with Crippen LogP contribution in [0.3, 0.4) is 0 Å². The van der Waals surface area contributed by atoms with Gasteiger partial charge in [0, 0.05) is 18.7 Å². The van der Waals surface area contributed by atoms with E-state index in [-0.39, 0.29) is 12.0 Å². The molecule has 2 aromatic rings. The van der Waals surface area contributed by atoms with Crippen LogP contribution in [0.25, 0.3) is 10.6 Å². The molecular formula is C18H22N2O3S. The zero-order valence-corrected chi connectivity index (χ0v) is 14.8. The van der Waals surface area contributed by atoms with E-state index >= 15 is 0 Å². The third-order valence-electron chi connectivity index (χ3n) is 4.56. The van der Waals surface area contributed by atoms with Crippen LogP contribution in [0.15, 0.2) is 30.5 Å². The molecule has 1 saturated heterocycles. The van der Waals surface area contributed by atoms with Crippen LogP contribution >= 0.6 is 11.3 Å². The number of benzene rings is 1. The third kappa shape index (κ3) is 3.60. The quantitative estimate of drug-likeness (QED) is 0.924. The second-order valence-corrected chi connectivity index (χ2v) is 7.16. The van der Waals surface area contributed by atoms with E-state index < -0.39 is 0 Å². The molecule has 128 valence electrons. The standard InChI is InChI=1S/C18H22N2O3S/c1-12(21)13-7-9-20(10-8-13)18(22)16-11-19-17(24-16)14-3-5-15(23-2)6-4-14/h3-6,11-13,21H,7-10H2,1-2H3. The van der Waals surface area contributed by atoms with Crippen LogP contribution in [0.2, 0.25) is 0 Å². The number of aliphatic hydroxyl groups excluding tert-OH is 1. The summed E-state index contributed by atoms with van der Waals surface area (Å²) < 4.78 is 5.16. The van der Waals surface area contributed by atoms with Gasteiger partial charge in [-0.1, -0.05) is 0 Å². The maximum absolute atomic E-state index is 12.6. The first kappa shape index (κ1) is 16.9. The Morgan fingerprint density at radius 1 is 1.33 bits per heavy atom. The zero-order valence-electron chi connectivity index (χ0n) is 13.9. The van der Waals surface area contributed by atoms with E-state index in [2.05, 4.69) is 4.98 Å². The Hall–Kier alpha value is -1.92. The molecule has 1 aromatic heterocycles. The Bertz CT molecular complexity index is 689. The Morgan fingerprint density at radius 3 is 2.58 bits per heavy atom. The van der Waals surface area contributed by atoms with Gasteiger partial charge in [-0.25, -0.2) is 4.98 Å². The van der Waals surface area contributed by atoms with Crippen LogP contribution in [-0.4, -0.2) is 47.2 Å². The number of carbonyl (C=O) groups excluding carboxylic acids is 1. The van der Waals surface area contributed by atoms with Gasteiger partial charge < -0.3 is 14.7 Å². The van der Waals surface area contributed by atoms with Gasteiger partial charge in [-0.3, -0.25) is 4.79 Å². The Labute approximate surface area is 145 Å². The van der Waals surface area contributed by atoms with Crippen LogP contribution in [-0.2, 0) is 0 Å². The molecule has 0 aliphatic carbocycles. The maximum atomic E-state index is 12.6. The van der Waals surface area contributed by atoms with E-state index in [1.165, 1.54) is 11.3 Å². The van der Waals surface area contributed by atoms with Crippen molar-refractivity contribution in [3.05, 3.63) is 35.3 Å². The van der Waals surface area contributed by atoms with Crippen molar-refractivity contribution in [1.82, 2.24) is 9.88 Å². The molecular weight excluding hydrogens is 324 g/mol. The van der Waals surface area contributed by atoms with Gasteiger partial charge in [-0.2, -0.15) is 0 Å². The predicted molar refractivity (Wildman–Crippen MR) is 94.4 cm³/mol. The molecule has 1 aromatic carbocycles. The van der Waals surface area contributed by atoms with Gasteiger partial charge in [-0.15, -0.1) is 11.3 Å². The molecule has 1 N–H and O–H groups in total. The highest BCUT2D eigenvalue weighted by molar-refractivity contribution is 7.16. The second kappa shape index (κ2) is 7.32. The predicted octanol–water partition coefficient (Wildman–Crippen LogP) is 3.05. The fourth-order valence-electron chi connectivity index (χ4n) is 2.98. The molecule has 0 bridgehead atoms. The molecule has 3 rings (SSSR count). The molecule has 1 atom stereocenters. The summed E-state index contributed by atoms with van der Waals surface area (Å²) in [5.41, 5.74) is 0.979. The number of hydrogen-bond donors (Lipinski definition) is 1. The van der Waals surface area contributed by atoms with Gasteiger partial charge in [0.1, 0.15) is 15.6 Å². The minimum atomic E-state index is -0.299. The SMILES string of the molecule is COc1ccc(-c2ncc(C(=O)N3CCC(C(C)O)CC3)s2)cc1. The monoisotopic (exact) mass is 346 g/mol. The highest BCUT2D eigenvalue weighted by atomic mass is 32.1. The number of hydrogen-bond acceptors (Lipinski definition) is 5. The first-order chi connectivity index (χ1) is 11.6. The molecule has 5 nitrogen and oxygen atoms in total. The van der Waals surface area contributed by atoms with Gasteiger partial charge in [0.25, 0.3) is 5.91 Å². The molecule has 1 aliphatic heterocycles. The maximum Gasteiger partial charge on any atom is 0.265 e. The normalized spacial score (nSPS) is 16.9. The van der Waals surface area contributed by atoms with Gasteiger partial charge in [0.05, 0.1) is 19.4 Å². The first-order valence-corrected chi connectivity index (χ1v) is 8.97. The molecule has 1 aliphatic rings. The van der Waals surface area contributed by atoms with E-state index in [1.54, 1.807) is 13.3 Å². The number of nitrogens with zero attached hydrogens (tertiary/aromatic N) is 2. The largest absolute Gasteiger partial charge is 0.497 e. The molecule has 1 amide bonds. The Kier molecular flexibility index (Phi) is 5.16. The fourth-order valence-corrected chi connectivity index (χ4v) is 3.87. The molecule has 0 radical (unpaired) electrons. The summed E-state index contributed by atoms with van der Waals surface area (Å²) in [4.78, 5) is 19.6. The van der Waals surface area contributed by atoms with Crippen LogP contribution in [0.1, 0.15) is 29.4 Å². The van der Waals surface area contributed by atoms with Crippen LogP contribution in [0, 0.1) is 5.92 Å². The lowest BCUT2D eigenvalue weighted by molar-refractivity contribution is 0.0525. The van der Waals surface area contributed by atoms with E-state index in [0.717, 1.165) is 29.2 Å². The number of piperidine rings is 1. The highest BCUT2D eigenvalue weighted by Crippen LogP contribution is 2.29. The van der Waals surface area contributed by atoms with E-state index in [0.29, 0.717) is 23.9 Å². The third-order valence-corrected chi connectivity index (χ3v) is 5.60. The summed E-state index contributed by atoms with van der Waals surface area (Å²) in [6.07, 6.45) is 3.07. The van der Waals surface area contributed by atoms with Crippen molar-refractivity contribution in [2.24, 2.45) is 5.92 Å². The smallest absolute Gasteiger partial charge is 0.265 e. The number of likely N-dealkylation sites (tertiary alicyclic amines) is 1. The summed E-state index contributed by atoms with van der Waals surface area (Å²) >= 11 is 1.42. The molecule has 24 heavy (non-hydrogen) atoms. The second-order valence-electron chi connectivity index (χ2n) is 6.13. The van der Waals surface area contributed by atoms with Gasteiger partial charge >= 0.3 is 0 Å². The van der Waals surface area contributed by atoms with Crippen molar-refractivity contribution >= 4 is 17.2 Å². The van der Waals surface area contributed by atoms with Crippen molar-refractivity contribution in [3.63, 3.8) is 0 Å². The molecule has 1 fully saturated rings. The van der Waals surface area contributed by atoms with Gasteiger partial charge in [0.2, 0.25) is 0 Å². The van der Waals surface area contributed by atoms with E-state index in [4.69, 9.17) is 4.74 Å². The van der Waals surface area contributed by atoms with Crippen molar-refractivity contribution < 1.29 is 14.6 Å². The number of aliphatic hydroxyl groups is 1. The number of ether oxygens (including phenoxy) is 1. The van der Waals surface area contributed by atoms with Crippen molar-refractivity contribution in [3.8, 4) is 16.3 Å². The van der Waals surface area contributed by atoms with Crippen molar-refractivity contribution in [2.75, 3.05) is 20.2 Å². The molecule has 2 heterocycles. The lowest BCUT2D eigenvalue weighted by Crippen LogP contribution is -2.40. The molecule has 1 unspecified atom stereocenters. The van der Waals surface area contributed by atoms with E-state index in [9.17, 15) is 9.90 Å². The number of methoxy groups -OCH3 is 1. The summed E-state index contributed by atoms with van der Waals surface area (Å²) in [6.45, 7) is 3.22. The van der Waals surface area contributed by atoms with Crippen molar-refractivity contribution in [2.45, 2.75) is 25.9 Å². The molecule has 6 heteroatoms. The minimum Gasteiger partial charge on any atom is -0.497 e. The number of amides is 1. The fraction of sp³-hybridized carbons (Fsp3) is 0.444. The Morgan fingerprint density at radius 2 is 2.00 bits per heavy atom. The van der Waals surface area contributed by atoms with E-state index in [1.807, 2.05) is 36.1 Å². The summed E-state index contributed by atoms with van der Waals surface area (Å²) in [5.74, 6) is 1.13. The molecule has 0 saturated carbocycles.